The first kappa shape index (κ1) is 14.8. The minimum absolute atomic E-state index is 0.206. The Bertz CT molecular complexity index is 634. The molecule has 0 saturated carbocycles. The van der Waals surface area contributed by atoms with Crippen LogP contribution in [0.2, 0.25) is 5.02 Å². The van der Waals surface area contributed by atoms with E-state index >= 15 is 0 Å². The number of nitrogens with one attached hydrogen (secondary N) is 2. The maximum Gasteiger partial charge on any atom is 0.253 e. The first-order valence-corrected chi connectivity index (χ1v) is 7.13. The van der Waals surface area contributed by atoms with E-state index in [9.17, 15) is 4.79 Å². The zero-order chi connectivity index (χ0) is 14.5. The minimum Gasteiger partial charge on any atom is -0.372 e. The molecule has 0 atom stereocenters. The number of hydrogen-bond donors (Lipinski definition) is 2. The second kappa shape index (κ2) is 6.72. The molecular weight excluding hydrogens is 342 g/mol. The SMILES string of the molecule is CNc1ncc(C(=O)NCc2cccc(Br)c2)cc1Cl. The van der Waals surface area contributed by atoms with Crippen molar-refractivity contribution < 1.29 is 4.79 Å². The number of benzene rings is 1. The van der Waals surface area contributed by atoms with Crippen LogP contribution >= 0.6 is 27.5 Å². The topological polar surface area (TPSA) is 54.0 Å². The van der Waals surface area contributed by atoms with E-state index in [4.69, 9.17) is 11.6 Å². The summed E-state index contributed by atoms with van der Waals surface area (Å²) in [4.78, 5) is 16.1. The van der Waals surface area contributed by atoms with Crippen molar-refractivity contribution in [1.82, 2.24) is 10.3 Å². The predicted molar refractivity (Wildman–Crippen MR) is 84.1 cm³/mol. The van der Waals surface area contributed by atoms with E-state index in [1.165, 1.54) is 6.20 Å². The van der Waals surface area contributed by atoms with Crippen LogP contribution in [-0.2, 0) is 6.54 Å². The van der Waals surface area contributed by atoms with Gasteiger partial charge in [-0.1, -0.05) is 39.7 Å². The van der Waals surface area contributed by atoms with E-state index in [1.54, 1.807) is 13.1 Å². The zero-order valence-corrected chi connectivity index (χ0v) is 13.1. The van der Waals surface area contributed by atoms with Gasteiger partial charge < -0.3 is 10.6 Å². The predicted octanol–water partition coefficient (Wildman–Crippen LogP) is 3.47. The Morgan fingerprint density at radius 2 is 2.20 bits per heavy atom. The van der Waals surface area contributed by atoms with Crippen molar-refractivity contribution in [3.05, 3.63) is 57.2 Å². The summed E-state index contributed by atoms with van der Waals surface area (Å²) in [5.74, 6) is 0.345. The standard InChI is InChI=1S/C14H13BrClN3O/c1-17-13-12(16)6-10(8-18-13)14(20)19-7-9-3-2-4-11(15)5-9/h2-6,8H,7H2,1H3,(H,17,18)(H,19,20). The summed E-state index contributed by atoms with van der Waals surface area (Å²) in [5.41, 5.74) is 1.45. The van der Waals surface area contributed by atoms with Crippen molar-refractivity contribution in [3.8, 4) is 0 Å². The van der Waals surface area contributed by atoms with Gasteiger partial charge in [-0.25, -0.2) is 4.98 Å². The molecule has 20 heavy (non-hydrogen) atoms. The summed E-state index contributed by atoms with van der Waals surface area (Å²) in [6, 6.07) is 9.35. The second-order valence-corrected chi connectivity index (χ2v) is 5.44. The van der Waals surface area contributed by atoms with Gasteiger partial charge in [-0.3, -0.25) is 4.79 Å². The molecule has 6 heteroatoms. The number of rotatable bonds is 4. The highest BCUT2D eigenvalue weighted by molar-refractivity contribution is 9.10. The molecule has 0 saturated heterocycles. The van der Waals surface area contributed by atoms with E-state index in [-0.39, 0.29) is 5.91 Å². The van der Waals surface area contributed by atoms with E-state index < -0.39 is 0 Å². The lowest BCUT2D eigenvalue weighted by molar-refractivity contribution is 0.0950. The third-order valence-corrected chi connectivity index (χ3v) is 3.46. The fraction of sp³-hybridized carbons (Fsp3) is 0.143. The third-order valence-electron chi connectivity index (χ3n) is 2.68. The number of carbonyl (C=O) groups is 1. The molecule has 1 amide bonds. The number of carbonyl (C=O) groups excluding carboxylic acids is 1. The van der Waals surface area contributed by atoms with Gasteiger partial charge in [0.05, 0.1) is 10.6 Å². The van der Waals surface area contributed by atoms with Crippen molar-refractivity contribution in [1.29, 1.82) is 0 Å². The largest absolute Gasteiger partial charge is 0.372 e. The highest BCUT2D eigenvalue weighted by Crippen LogP contribution is 2.19. The van der Waals surface area contributed by atoms with Crippen molar-refractivity contribution in [2.75, 3.05) is 12.4 Å². The van der Waals surface area contributed by atoms with Crippen molar-refractivity contribution in [2.24, 2.45) is 0 Å². The monoisotopic (exact) mass is 353 g/mol. The molecule has 0 spiro atoms. The Morgan fingerprint density at radius 3 is 2.85 bits per heavy atom. The van der Waals surface area contributed by atoms with Gasteiger partial charge in [0.2, 0.25) is 0 Å². The lowest BCUT2D eigenvalue weighted by Crippen LogP contribution is -2.23. The number of amides is 1. The average Bonchev–Trinajstić information content (AvgIpc) is 2.44. The fourth-order valence-corrected chi connectivity index (χ4v) is 2.38. The number of hydrogen-bond acceptors (Lipinski definition) is 3. The maximum atomic E-state index is 12.0. The van der Waals surface area contributed by atoms with Crippen LogP contribution in [0, 0.1) is 0 Å². The van der Waals surface area contributed by atoms with Crippen molar-refractivity contribution in [2.45, 2.75) is 6.54 Å². The van der Waals surface area contributed by atoms with Gasteiger partial charge in [0.1, 0.15) is 5.82 Å². The Kier molecular flexibility index (Phi) is 4.98. The molecule has 0 bridgehead atoms. The zero-order valence-electron chi connectivity index (χ0n) is 10.8. The smallest absolute Gasteiger partial charge is 0.253 e. The Labute approximate surface area is 130 Å². The molecule has 0 unspecified atom stereocenters. The molecule has 1 aromatic carbocycles. The molecule has 0 aliphatic rings. The van der Waals surface area contributed by atoms with E-state index in [0.717, 1.165) is 10.0 Å². The number of nitrogens with zero attached hydrogens (tertiary/aromatic N) is 1. The Hall–Kier alpha value is -1.59. The highest BCUT2D eigenvalue weighted by Gasteiger charge is 2.09. The minimum atomic E-state index is -0.206. The molecule has 4 nitrogen and oxygen atoms in total. The Morgan fingerprint density at radius 1 is 1.40 bits per heavy atom. The normalized spacial score (nSPS) is 10.2. The first-order chi connectivity index (χ1) is 9.60. The molecule has 0 aliphatic heterocycles. The van der Waals surface area contributed by atoms with Crippen LogP contribution in [-0.4, -0.2) is 17.9 Å². The van der Waals surface area contributed by atoms with Gasteiger partial charge in [-0.15, -0.1) is 0 Å². The molecule has 2 aromatic rings. The van der Waals surface area contributed by atoms with Gasteiger partial charge in [0.15, 0.2) is 0 Å². The number of anilines is 1. The van der Waals surface area contributed by atoms with Crippen LogP contribution < -0.4 is 10.6 Å². The van der Waals surface area contributed by atoms with Crippen LogP contribution in [0.1, 0.15) is 15.9 Å². The quantitative estimate of drug-likeness (QED) is 0.884. The molecule has 0 fully saturated rings. The summed E-state index contributed by atoms with van der Waals surface area (Å²) < 4.78 is 0.979. The third kappa shape index (κ3) is 3.71. The van der Waals surface area contributed by atoms with Crippen LogP contribution in [0.5, 0.6) is 0 Å². The van der Waals surface area contributed by atoms with Gasteiger partial charge in [0, 0.05) is 24.3 Å². The molecule has 1 aromatic heterocycles. The average molecular weight is 355 g/mol. The summed E-state index contributed by atoms with van der Waals surface area (Å²) >= 11 is 9.39. The summed E-state index contributed by atoms with van der Waals surface area (Å²) in [5, 5.41) is 6.09. The summed E-state index contributed by atoms with van der Waals surface area (Å²) in [6.45, 7) is 0.448. The number of aromatic nitrogens is 1. The van der Waals surface area contributed by atoms with E-state index in [1.807, 2.05) is 24.3 Å². The molecule has 0 radical (unpaired) electrons. The van der Waals surface area contributed by atoms with Gasteiger partial charge in [-0.05, 0) is 23.8 Å². The summed E-state index contributed by atoms with van der Waals surface area (Å²) in [6.07, 6.45) is 1.49. The molecule has 2 N–H and O–H groups in total. The van der Waals surface area contributed by atoms with Crippen LogP contribution in [0.3, 0.4) is 0 Å². The highest BCUT2D eigenvalue weighted by atomic mass is 79.9. The van der Waals surface area contributed by atoms with E-state index in [2.05, 4.69) is 31.5 Å². The molecule has 2 rings (SSSR count). The van der Waals surface area contributed by atoms with Crippen LogP contribution in [0.4, 0.5) is 5.82 Å². The van der Waals surface area contributed by atoms with Gasteiger partial charge in [0.25, 0.3) is 5.91 Å². The Balaban J connectivity index is 2.03. The summed E-state index contributed by atoms with van der Waals surface area (Å²) in [7, 11) is 1.72. The van der Waals surface area contributed by atoms with Crippen molar-refractivity contribution in [3.63, 3.8) is 0 Å². The fourth-order valence-electron chi connectivity index (χ4n) is 1.68. The molecule has 104 valence electrons. The molecule has 1 heterocycles. The van der Waals surface area contributed by atoms with Gasteiger partial charge in [-0.2, -0.15) is 0 Å². The maximum absolute atomic E-state index is 12.0. The van der Waals surface area contributed by atoms with Crippen molar-refractivity contribution >= 4 is 39.3 Å². The second-order valence-electron chi connectivity index (χ2n) is 4.12. The lowest BCUT2D eigenvalue weighted by Gasteiger charge is -2.07. The lowest BCUT2D eigenvalue weighted by atomic mass is 10.2. The van der Waals surface area contributed by atoms with E-state index in [0.29, 0.717) is 22.9 Å². The van der Waals surface area contributed by atoms with Gasteiger partial charge >= 0.3 is 0 Å². The van der Waals surface area contributed by atoms with Crippen LogP contribution in [0.25, 0.3) is 0 Å². The first-order valence-electron chi connectivity index (χ1n) is 5.96. The van der Waals surface area contributed by atoms with Crippen LogP contribution in [0.15, 0.2) is 41.0 Å². The molecular formula is C14H13BrClN3O. The molecule has 0 aliphatic carbocycles. The number of halogens is 2. The number of pyridine rings is 1.